The minimum atomic E-state index is -0.864. The van der Waals surface area contributed by atoms with Crippen LogP contribution in [0.4, 0.5) is 4.39 Å². The van der Waals surface area contributed by atoms with Crippen molar-refractivity contribution in [1.29, 1.82) is 0 Å². The minimum absolute atomic E-state index is 0.0286. The van der Waals surface area contributed by atoms with Crippen LogP contribution in [0.25, 0.3) is 0 Å². The predicted octanol–water partition coefficient (Wildman–Crippen LogP) is 2.07. The van der Waals surface area contributed by atoms with E-state index in [1.54, 1.807) is 13.0 Å². The number of nitrogens with zero attached hydrogens (tertiary/aromatic N) is 2. The summed E-state index contributed by atoms with van der Waals surface area (Å²) in [5, 5.41) is 9.29. The Hall–Kier alpha value is -1.46. The van der Waals surface area contributed by atoms with Gasteiger partial charge < -0.3 is 10.0 Å². The van der Waals surface area contributed by atoms with Crippen molar-refractivity contribution in [3.8, 4) is 0 Å². The third-order valence-corrected chi connectivity index (χ3v) is 4.49. The fourth-order valence-electron chi connectivity index (χ4n) is 2.92. The molecular formula is C16H23FN2O2. The van der Waals surface area contributed by atoms with Gasteiger partial charge in [0.05, 0.1) is 12.0 Å². The van der Waals surface area contributed by atoms with Gasteiger partial charge in [-0.2, -0.15) is 0 Å². The van der Waals surface area contributed by atoms with E-state index in [0.29, 0.717) is 5.56 Å². The SMILES string of the molecule is Cc1ccc(C(C)(CC(=O)O)N2CCN(C)CC2)cc1F. The number of halogens is 1. The Balaban J connectivity index is 2.35. The molecule has 0 amide bonds. The molecule has 1 aromatic rings. The molecule has 1 N–H and O–H groups in total. The maximum absolute atomic E-state index is 13.9. The number of hydrogen-bond donors (Lipinski definition) is 1. The molecule has 1 aliphatic rings. The second kappa shape index (κ2) is 6.12. The van der Waals surface area contributed by atoms with Gasteiger partial charge in [-0.25, -0.2) is 4.39 Å². The van der Waals surface area contributed by atoms with Crippen LogP contribution in [0.15, 0.2) is 18.2 Å². The first kappa shape index (κ1) is 15.9. The molecule has 1 unspecified atom stereocenters. The number of carbonyl (C=O) groups is 1. The Bertz CT molecular complexity index is 527. The highest BCUT2D eigenvalue weighted by molar-refractivity contribution is 5.69. The molecule has 1 aromatic carbocycles. The summed E-state index contributed by atoms with van der Waals surface area (Å²) in [6, 6.07) is 5.05. The highest BCUT2D eigenvalue weighted by Crippen LogP contribution is 2.33. The van der Waals surface area contributed by atoms with Crippen LogP contribution in [-0.2, 0) is 10.3 Å². The molecule has 1 saturated heterocycles. The maximum atomic E-state index is 13.9. The quantitative estimate of drug-likeness (QED) is 0.923. The molecule has 0 aromatic heterocycles. The van der Waals surface area contributed by atoms with Gasteiger partial charge in [0, 0.05) is 26.2 Å². The molecule has 21 heavy (non-hydrogen) atoms. The molecule has 5 heteroatoms. The van der Waals surface area contributed by atoms with E-state index in [-0.39, 0.29) is 12.2 Å². The van der Waals surface area contributed by atoms with E-state index < -0.39 is 11.5 Å². The summed E-state index contributed by atoms with van der Waals surface area (Å²) >= 11 is 0. The standard InChI is InChI=1S/C16H23FN2O2/c1-12-4-5-13(10-14(12)17)16(2,11-15(20)21)19-8-6-18(3)7-9-19/h4-5,10H,6-9,11H2,1-3H3,(H,20,21). The number of likely N-dealkylation sites (N-methyl/N-ethyl adjacent to an activating group) is 1. The van der Waals surface area contributed by atoms with Crippen molar-refractivity contribution in [2.45, 2.75) is 25.8 Å². The van der Waals surface area contributed by atoms with Gasteiger partial charge in [0.2, 0.25) is 0 Å². The van der Waals surface area contributed by atoms with Gasteiger partial charge in [0.15, 0.2) is 0 Å². The molecule has 116 valence electrons. The molecule has 2 rings (SSSR count). The predicted molar refractivity (Wildman–Crippen MR) is 79.8 cm³/mol. The van der Waals surface area contributed by atoms with Gasteiger partial charge in [-0.1, -0.05) is 12.1 Å². The van der Waals surface area contributed by atoms with Crippen LogP contribution < -0.4 is 0 Å². The first-order valence-corrected chi connectivity index (χ1v) is 7.25. The van der Waals surface area contributed by atoms with E-state index in [4.69, 9.17) is 0 Å². The fraction of sp³-hybridized carbons (Fsp3) is 0.562. The Morgan fingerprint density at radius 1 is 1.33 bits per heavy atom. The van der Waals surface area contributed by atoms with Crippen molar-refractivity contribution >= 4 is 5.97 Å². The van der Waals surface area contributed by atoms with Crippen molar-refractivity contribution in [2.75, 3.05) is 33.2 Å². The number of piperazine rings is 1. The van der Waals surface area contributed by atoms with Crippen LogP contribution in [0.1, 0.15) is 24.5 Å². The summed E-state index contributed by atoms with van der Waals surface area (Å²) in [4.78, 5) is 15.7. The lowest BCUT2D eigenvalue weighted by atomic mass is 9.85. The molecule has 1 atom stereocenters. The van der Waals surface area contributed by atoms with Crippen molar-refractivity contribution < 1.29 is 14.3 Å². The first-order chi connectivity index (χ1) is 9.83. The van der Waals surface area contributed by atoms with Crippen LogP contribution in [0.2, 0.25) is 0 Å². The van der Waals surface area contributed by atoms with Gasteiger partial charge in [-0.3, -0.25) is 9.69 Å². The van der Waals surface area contributed by atoms with Crippen molar-refractivity contribution in [1.82, 2.24) is 9.80 Å². The topological polar surface area (TPSA) is 43.8 Å². The van der Waals surface area contributed by atoms with Gasteiger partial charge in [0.25, 0.3) is 0 Å². The maximum Gasteiger partial charge on any atom is 0.305 e. The van der Waals surface area contributed by atoms with Crippen LogP contribution in [0.3, 0.4) is 0 Å². The number of aryl methyl sites for hydroxylation is 1. The zero-order valence-electron chi connectivity index (χ0n) is 12.9. The second-order valence-corrected chi connectivity index (χ2v) is 6.10. The van der Waals surface area contributed by atoms with Gasteiger partial charge >= 0.3 is 5.97 Å². The molecule has 1 aliphatic heterocycles. The van der Waals surface area contributed by atoms with Crippen molar-refractivity contribution in [3.63, 3.8) is 0 Å². The summed E-state index contributed by atoms with van der Waals surface area (Å²) in [6.07, 6.45) is -0.0286. The Morgan fingerprint density at radius 2 is 1.95 bits per heavy atom. The average Bonchev–Trinajstić information content (AvgIpc) is 2.41. The Morgan fingerprint density at radius 3 is 2.48 bits per heavy atom. The molecule has 0 spiro atoms. The van der Waals surface area contributed by atoms with E-state index in [9.17, 15) is 14.3 Å². The highest BCUT2D eigenvalue weighted by atomic mass is 19.1. The summed E-state index contributed by atoms with van der Waals surface area (Å²) in [6.45, 7) is 6.97. The number of carboxylic acid groups (broad SMARTS) is 1. The van der Waals surface area contributed by atoms with Crippen LogP contribution in [-0.4, -0.2) is 54.1 Å². The summed E-state index contributed by atoms with van der Waals surface area (Å²) in [5.41, 5.74) is 0.633. The normalized spacial score (nSPS) is 20.2. The van der Waals surface area contributed by atoms with Crippen molar-refractivity contribution in [2.24, 2.45) is 0 Å². The number of aliphatic carboxylic acids is 1. The summed E-state index contributed by atoms with van der Waals surface area (Å²) in [7, 11) is 2.05. The summed E-state index contributed by atoms with van der Waals surface area (Å²) in [5.74, 6) is -1.14. The number of benzene rings is 1. The number of hydrogen-bond acceptors (Lipinski definition) is 3. The average molecular weight is 294 g/mol. The van der Waals surface area contributed by atoms with E-state index in [1.165, 1.54) is 6.07 Å². The molecule has 0 radical (unpaired) electrons. The molecule has 1 heterocycles. The zero-order valence-corrected chi connectivity index (χ0v) is 12.9. The monoisotopic (exact) mass is 294 g/mol. The fourth-order valence-corrected chi connectivity index (χ4v) is 2.92. The van der Waals surface area contributed by atoms with Crippen LogP contribution in [0, 0.1) is 12.7 Å². The lowest BCUT2D eigenvalue weighted by Gasteiger charge is -2.45. The summed E-state index contributed by atoms with van der Waals surface area (Å²) < 4.78 is 13.9. The first-order valence-electron chi connectivity index (χ1n) is 7.25. The molecule has 0 bridgehead atoms. The second-order valence-electron chi connectivity index (χ2n) is 6.10. The minimum Gasteiger partial charge on any atom is -0.481 e. The van der Waals surface area contributed by atoms with Crippen LogP contribution >= 0.6 is 0 Å². The third kappa shape index (κ3) is 3.41. The molecule has 0 saturated carbocycles. The zero-order chi connectivity index (χ0) is 15.6. The Kier molecular flexibility index (Phi) is 4.64. The molecule has 4 nitrogen and oxygen atoms in total. The van der Waals surface area contributed by atoms with Gasteiger partial charge in [-0.15, -0.1) is 0 Å². The molecule has 1 fully saturated rings. The van der Waals surface area contributed by atoms with E-state index in [2.05, 4.69) is 16.8 Å². The van der Waals surface area contributed by atoms with Gasteiger partial charge in [-0.05, 0) is 38.1 Å². The smallest absolute Gasteiger partial charge is 0.305 e. The number of carboxylic acids is 1. The van der Waals surface area contributed by atoms with E-state index in [1.807, 2.05) is 13.0 Å². The lowest BCUT2D eigenvalue weighted by Crippen LogP contribution is -2.54. The highest BCUT2D eigenvalue weighted by Gasteiger charge is 2.37. The molecule has 0 aliphatic carbocycles. The number of rotatable bonds is 4. The van der Waals surface area contributed by atoms with E-state index >= 15 is 0 Å². The van der Waals surface area contributed by atoms with Gasteiger partial charge in [0.1, 0.15) is 5.82 Å². The lowest BCUT2D eigenvalue weighted by molar-refractivity contribution is -0.140. The van der Waals surface area contributed by atoms with E-state index in [0.717, 1.165) is 31.7 Å². The molecular weight excluding hydrogens is 271 g/mol. The largest absolute Gasteiger partial charge is 0.481 e. The third-order valence-electron chi connectivity index (χ3n) is 4.49. The van der Waals surface area contributed by atoms with Crippen LogP contribution in [0.5, 0.6) is 0 Å². The Labute approximate surface area is 125 Å². The van der Waals surface area contributed by atoms with Crippen molar-refractivity contribution in [3.05, 3.63) is 35.1 Å².